The van der Waals surface area contributed by atoms with Gasteiger partial charge in [-0.3, -0.25) is 14.4 Å². The first-order valence-corrected chi connectivity index (χ1v) is 6.42. The number of hydrogen-bond donors (Lipinski definition) is 1. The summed E-state index contributed by atoms with van der Waals surface area (Å²) in [4.78, 5) is 33.3. The number of carboxylic acids is 1. The summed E-state index contributed by atoms with van der Waals surface area (Å²) < 4.78 is 10.1. The number of esters is 2. The second-order valence-corrected chi connectivity index (χ2v) is 5.61. The number of quaternary nitrogens is 1. The van der Waals surface area contributed by atoms with E-state index in [9.17, 15) is 14.4 Å². The van der Waals surface area contributed by atoms with Crippen molar-refractivity contribution in [3.63, 3.8) is 0 Å². The molecule has 0 saturated heterocycles. The minimum absolute atomic E-state index is 0.0718. The van der Waals surface area contributed by atoms with Crippen LogP contribution < -0.4 is 0 Å². The molecule has 0 aliphatic rings. The highest BCUT2D eigenvalue weighted by atomic mass is 16.5. The SMILES string of the molecule is COC(=O)CCCC(=O)OC(CC(=O)O)C[N+](C)(C)C. The average Bonchev–Trinajstić information content (AvgIpc) is 2.25. The summed E-state index contributed by atoms with van der Waals surface area (Å²) in [5.74, 6) is -1.88. The van der Waals surface area contributed by atoms with Crippen molar-refractivity contribution in [1.82, 2.24) is 0 Å². The minimum atomic E-state index is -1.01. The van der Waals surface area contributed by atoms with Gasteiger partial charge in [-0.25, -0.2) is 0 Å². The van der Waals surface area contributed by atoms with Gasteiger partial charge in [-0.15, -0.1) is 0 Å². The molecule has 7 heteroatoms. The fraction of sp³-hybridized carbons (Fsp3) is 0.769. The molecule has 0 aliphatic carbocycles. The van der Waals surface area contributed by atoms with E-state index in [4.69, 9.17) is 9.84 Å². The van der Waals surface area contributed by atoms with Crippen molar-refractivity contribution in [2.24, 2.45) is 0 Å². The molecule has 0 radical (unpaired) electrons. The lowest BCUT2D eigenvalue weighted by Crippen LogP contribution is -2.43. The molecule has 0 aromatic heterocycles. The Bertz CT molecular complexity index is 347. The molecule has 0 aromatic rings. The Kier molecular flexibility index (Phi) is 7.83. The van der Waals surface area contributed by atoms with Crippen molar-refractivity contribution >= 4 is 17.9 Å². The number of rotatable bonds is 9. The zero-order chi connectivity index (χ0) is 15.8. The Hall–Kier alpha value is -1.63. The van der Waals surface area contributed by atoms with Crippen LogP contribution in [0.4, 0.5) is 0 Å². The number of likely N-dealkylation sites (N-methyl/N-ethyl adjacent to an activating group) is 1. The normalized spacial score (nSPS) is 12.6. The summed E-state index contributed by atoms with van der Waals surface area (Å²) >= 11 is 0. The van der Waals surface area contributed by atoms with Crippen molar-refractivity contribution in [2.75, 3.05) is 34.8 Å². The number of nitrogens with zero attached hydrogens (tertiary/aromatic N) is 1. The smallest absolute Gasteiger partial charge is 0.307 e. The zero-order valence-corrected chi connectivity index (χ0v) is 12.5. The molecule has 0 amide bonds. The van der Waals surface area contributed by atoms with Gasteiger partial charge in [0.25, 0.3) is 0 Å². The van der Waals surface area contributed by atoms with E-state index in [1.54, 1.807) is 0 Å². The van der Waals surface area contributed by atoms with Crippen molar-refractivity contribution < 1.29 is 33.4 Å². The van der Waals surface area contributed by atoms with Crippen LogP contribution in [0.25, 0.3) is 0 Å². The number of carbonyl (C=O) groups is 3. The van der Waals surface area contributed by atoms with E-state index in [-0.39, 0.29) is 25.2 Å². The highest BCUT2D eigenvalue weighted by Crippen LogP contribution is 2.08. The van der Waals surface area contributed by atoms with Gasteiger partial charge in [-0.05, 0) is 6.42 Å². The number of hydrogen-bond acceptors (Lipinski definition) is 5. The van der Waals surface area contributed by atoms with Gasteiger partial charge in [0.1, 0.15) is 6.54 Å². The molecule has 0 heterocycles. The number of methoxy groups -OCH3 is 1. The Morgan fingerprint density at radius 2 is 1.65 bits per heavy atom. The van der Waals surface area contributed by atoms with Crippen LogP contribution in [0, 0.1) is 0 Å². The standard InChI is InChI=1S/C13H23NO6/c1-14(2,3)9-10(8-11(15)16)20-13(18)7-5-6-12(17)19-4/h10H,5-9H2,1-4H3/p+1. The van der Waals surface area contributed by atoms with Crippen LogP contribution in [0.15, 0.2) is 0 Å². The van der Waals surface area contributed by atoms with Crippen LogP contribution in [0.3, 0.4) is 0 Å². The number of ether oxygens (including phenoxy) is 2. The quantitative estimate of drug-likeness (QED) is 0.489. The fourth-order valence-corrected chi connectivity index (χ4v) is 1.67. The van der Waals surface area contributed by atoms with E-state index in [0.717, 1.165) is 0 Å². The van der Waals surface area contributed by atoms with Crippen molar-refractivity contribution in [3.8, 4) is 0 Å². The molecule has 0 rings (SSSR count). The Morgan fingerprint density at radius 1 is 1.10 bits per heavy atom. The average molecular weight is 290 g/mol. The molecule has 1 N–H and O–H groups in total. The molecule has 0 spiro atoms. The first-order valence-electron chi connectivity index (χ1n) is 6.42. The van der Waals surface area contributed by atoms with E-state index in [1.165, 1.54) is 7.11 Å². The van der Waals surface area contributed by atoms with Gasteiger partial charge in [0.05, 0.1) is 34.7 Å². The van der Waals surface area contributed by atoms with Crippen molar-refractivity contribution in [1.29, 1.82) is 0 Å². The van der Waals surface area contributed by atoms with E-state index >= 15 is 0 Å². The molecule has 1 unspecified atom stereocenters. The third-order valence-corrected chi connectivity index (χ3v) is 2.44. The third kappa shape index (κ3) is 10.3. The lowest BCUT2D eigenvalue weighted by Gasteiger charge is -2.28. The first kappa shape index (κ1) is 18.4. The van der Waals surface area contributed by atoms with Gasteiger partial charge in [0.15, 0.2) is 6.10 Å². The van der Waals surface area contributed by atoms with Crippen LogP contribution in [-0.2, 0) is 23.9 Å². The molecule has 0 fully saturated rings. The molecular weight excluding hydrogens is 266 g/mol. The molecular formula is C13H24NO6+. The van der Waals surface area contributed by atoms with Crippen LogP contribution in [0.2, 0.25) is 0 Å². The lowest BCUT2D eigenvalue weighted by molar-refractivity contribution is -0.873. The molecule has 0 bridgehead atoms. The second kappa shape index (κ2) is 8.52. The maximum Gasteiger partial charge on any atom is 0.307 e. The molecule has 7 nitrogen and oxygen atoms in total. The summed E-state index contributed by atoms with van der Waals surface area (Å²) in [5.41, 5.74) is 0. The van der Waals surface area contributed by atoms with Gasteiger partial charge in [0.2, 0.25) is 0 Å². The van der Waals surface area contributed by atoms with Crippen molar-refractivity contribution in [3.05, 3.63) is 0 Å². The predicted molar refractivity (Wildman–Crippen MR) is 70.9 cm³/mol. The highest BCUT2D eigenvalue weighted by Gasteiger charge is 2.24. The summed E-state index contributed by atoms with van der Waals surface area (Å²) in [7, 11) is 6.95. The van der Waals surface area contributed by atoms with Crippen molar-refractivity contribution in [2.45, 2.75) is 31.8 Å². The Labute approximate surface area is 119 Å². The number of carbonyl (C=O) groups excluding carboxylic acids is 2. The lowest BCUT2D eigenvalue weighted by atomic mass is 10.2. The van der Waals surface area contributed by atoms with Crippen LogP contribution in [-0.4, -0.2) is 68.4 Å². The topological polar surface area (TPSA) is 89.9 Å². The van der Waals surface area contributed by atoms with Crippen LogP contribution >= 0.6 is 0 Å². The van der Waals surface area contributed by atoms with Gasteiger partial charge in [-0.2, -0.15) is 0 Å². The van der Waals surface area contributed by atoms with Crippen LogP contribution in [0.5, 0.6) is 0 Å². The molecule has 0 aromatic carbocycles. The Balaban J connectivity index is 4.24. The molecule has 0 aliphatic heterocycles. The van der Waals surface area contributed by atoms with Gasteiger partial charge < -0.3 is 19.1 Å². The monoisotopic (exact) mass is 290 g/mol. The number of aliphatic carboxylic acids is 1. The number of carboxylic acid groups (broad SMARTS) is 1. The maximum absolute atomic E-state index is 11.6. The van der Waals surface area contributed by atoms with E-state index < -0.39 is 18.0 Å². The van der Waals surface area contributed by atoms with Gasteiger partial charge in [0, 0.05) is 12.8 Å². The van der Waals surface area contributed by atoms with Crippen LogP contribution in [0.1, 0.15) is 25.7 Å². The molecule has 116 valence electrons. The van der Waals surface area contributed by atoms with E-state index in [1.807, 2.05) is 21.1 Å². The Morgan fingerprint density at radius 3 is 2.10 bits per heavy atom. The summed E-state index contributed by atoms with van der Waals surface area (Å²) in [6, 6.07) is 0. The van der Waals surface area contributed by atoms with Gasteiger partial charge >= 0.3 is 17.9 Å². The molecule has 1 atom stereocenters. The highest BCUT2D eigenvalue weighted by molar-refractivity contribution is 5.73. The summed E-state index contributed by atoms with van der Waals surface area (Å²) in [6.45, 7) is 0.412. The van der Waals surface area contributed by atoms with E-state index in [2.05, 4.69) is 4.74 Å². The minimum Gasteiger partial charge on any atom is -0.481 e. The summed E-state index contributed by atoms with van der Waals surface area (Å²) in [5, 5.41) is 8.81. The van der Waals surface area contributed by atoms with Gasteiger partial charge in [-0.1, -0.05) is 0 Å². The predicted octanol–water partition coefficient (Wildman–Crippen LogP) is 0.422. The summed E-state index contributed by atoms with van der Waals surface area (Å²) in [6.07, 6.45) is -0.348. The first-order chi connectivity index (χ1) is 9.14. The fourth-order valence-electron chi connectivity index (χ4n) is 1.67. The van der Waals surface area contributed by atoms with E-state index in [0.29, 0.717) is 17.4 Å². The molecule has 0 saturated carbocycles. The largest absolute Gasteiger partial charge is 0.481 e. The zero-order valence-electron chi connectivity index (χ0n) is 12.5. The molecule has 20 heavy (non-hydrogen) atoms. The maximum atomic E-state index is 11.6. The third-order valence-electron chi connectivity index (χ3n) is 2.44. The second-order valence-electron chi connectivity index (χ2n) is 5.61.